The maximum absolute atomic E-state index is 14.1. The van der Waals surface area contributed by atoms with E-state index in [9.17, 15) is 19.1 Å². The molecule has 132 valence electrons. The number of benzene rings is 1. The molecule has 25 heavy (non-hydrogen) atoms. The lowest BCUT2D eigenvalue weighted by Gasteiger charge is -2.11. The molecule has 8 heteroatoms. The summed E-state index contributed by atoms with van der Waals surface area (Å²) in [5.74, 6) is -2.13. The number of amides is 1. The fourth-order valence-electron chi connectivity index (χ4n) is 2.61. The van der Waals surface area contributed by atoms with Gasteiger partial charge in [-0.1, -0.05) is 26.0 Å². The minimum Gasteiger partial charge on any atom is -0.480 e. The topological polar surface area (TPSA) is 97.1 Å². The van der Waals surface area contributed by atoms with Gasteiger partial charge in [0, 0.05) is 5.92 Å². The number of aliphatic carboxylic acids is 1. The third-order valence-corrected chi connectivity index (χ3v) is 4.08. The number of carboxylic acid groups (broad SMARTS) is 1. The fourth-order valence-corrected chi connectivity index (χ4v) is 2.61. The number of nitrogens with zero attached hydrogens (tertiary/aromatic N) is 3. The highest BCUT2D eigenvalue weighted by Gasteiger charge is 2.38. The predicted octanol–water partition coefficient (Wildman–Crippen LogP) is 2.12. The van der Waals surface area contributed by atoms with Crippen LogP contribution in [0.3, 0.4) is 0 Å². The molecule has 0 aliphatic heterocycles. The van der Waals surface area contributed by atoms with E-state index in [1.54, 1.807) is 18.2 Å². The van der Waals surface area contributed by atoms with Gasteiger partial charge in [-0.25, -0.2) is 18.9 Å². The first-order valence-electron chi connectivity index (χ1n) is 8.14. The lowest BCUT2D eigenvalue weighted by atomic mass is 10.2. The van der Waals surface area contributed by atoms with Crippen molar-refractivity contribution in [3.05, 3.63) is 41.7 Å². The summed E-state index contributed by atoms with van der Waals surface area (Å²) in [5.41, 5.74) is 0.190. The van der Waals surface area contributed by atoms with Crippen LogP contribution >= 0.6 is 0 Å². The van der Waals surface area contributed by atoms with Crippen LogP contribution in [0.2, 0.25) is 0 Å². The molecule has 1 fully saturated rings. The highest BCUT2D eigenvalue weighted by molar-refractivity contribution is 5.93. The zero-order chi connectivity index (χ0) is 18.1. The van der Waals surface area contributed by atoms with Gasteiger partial charge < -0.3 is 10.4 Å². The van der Waals surface area contributed by atoms with Gasteiger partial charge in [0.2, 0.25) is 5.82 Å². The maximum Gasteiger partial charge on any atom is 0.326 e. The first-order chi connectivity index (χ1) is 11.9. The van der Waals surface area contributed by atoms with Crippen LogP contribution in [-0.4, -0.2) is 37.8 Å². The molecule has 0 spiro atoms. The Morgan fingerprint density at radius 1 is 1.32 bits per heavy atom. The van der Waals surface area contributed by atoms with E-state index < -0.39 is 23.7 Å². The number of hydrogen-bond acceptors (Lipinski definition) is 4. The monoisotopic (exact) mass is 346 g/mol. The van der Waals surface area contributed by atoms with Crippen LogP contribution in [0.4, 0.5) is 4.39 Å². The van der Waals surface area contributed by atoms with Crippen molar-refractivity contribution in [2.24, 2.45) is 5.92 Å². The molecule has 1 amide bonds. The summed E-state index contributed by atoms with van der Waals surface area (Å²) >= 11 is 0. The molecule has 1 unspecified atom stereocenters. The second-order valence-corrected chi connectivity index (χ2v) is 6.44. The number of rotatable bonds is 6. The van der Waals surface area contributed by atoms with Gasteiger partial charge in [0.15, 0.2) is 0 Å². The van der Waals surface area contributed by atoms with E-state index >= 15 is 0 Å². The summed E-state index contributed by atoms with van der Waals surface area (Å²) in [6, 6.07) is 5.12. The van der Waals surface area contributed by atoms with Crippen molar-refractivity contribution >= 4 is 11.9 Å². The molecule has 0 radical (unpaired) electrons. The van der Waals surface area contributed by atoms with Gasteiger partial charge in [-0.2, -0.15) is 0 Å². The van der Waals surface area contributed by atoms with Crippen LogP contribution in [0, 0.1) is 11.7 Å². The first-order valence-corrected chi connectivity index (χ1v) is 8.14. The highest BCUT2D eigenvalue weighted by atomic mass is 19.1. The Labute approximate surface area is 143 Å². The third-order valence-electron chi connectivity index (χ3n) is 4.08. The van der Waals surface area contributed by atoms with Crippen molar-refractivity contribution in [2.75, 3.05) is 0 Å². The standard InChI is InChI=1S/C17H19FN4O3/c1-9(2)15-20-14(16(23)19-13(17(24)25)10-7-8-10)21-22(15)12-6-4-3-5-11(12)18/h3-6,9-10,13H,7-8H2,1-2H3,(H,19,23)(H,24,25). The number of halogens is 1. The van der Waals surface area contributed by atoms with Gasteiger partial charge in [0.1, 0.15) is 23.4 Å². The second-order valence-electron chi connectivity index (χ2n) is 6.44. The summed E-state index contributed by atoms with van der Waals surface area (Å²) in [6.45, 7) is 3.71. The first kappa shape index (κ1) is 17.1. The lowest BCUT2D eigenvalue weighted by molar-refractivity contribution is -0.139. The summed E-state index contributed by atoms with van der Waals surface area (Å²) in [4.78, 5) is 27.9. The smallest absolute Gasteiger partial charge is 0.326 e. The summed E-state index contributed by atoms with van der Waals surface area (Å²) in [7, 11) is 0. The normalized spacial score (nSPS) is 15.2. The van der Waals surface area contributed by atoms with Crippen LogP contribution in [0.1, 0.15) is 49.1 Å². The van der Waals surface area contributed by atoms with Crippen LogP contribution in [0.25, 0.3) is 5.69 Å². The maximum atomic E-state index is 14.1. The molecular formula is C17H19FN4O3. The lowest BCUT2D eigenvalue weighted by Crippen LogP contribution is -2.42. The molecule has 3 rings (SSSR count). The van der Waals surface area contributed by atoms with Crippen LogP contribution in [0.15, 0.2) is 24.3 Å². The highest BCUT2D eigenvalue weighted by Crippen LogP contribution is 2.32. The van der Waals surface area contributed by atoms with Crippen molar-refractivity contribution in [3.63, 3.8) is 0 Å². The summed E-state index contributed by atoms with van der Waals surface area (Å²) < 4.78 is 15.4. The van der Waals surface area contributed by atoms with E-state index in [0.29, 0.717) is 5.82 Å². The number of hydrogen-bond donors (Lipinski definition) is 2. The second kappa shape index (κ2) is 6.62. The molecule has 1 heterocycles. The number of nitrogens with one attached hydrogen (secondary N) is 1. The Morgan fingerprint density at radius 3 is 2.56 bits per heavy atom. The van der Waals surface area contributed by atoms with E-state index in [0.717, 1.165) is 12.8 Å². The van der Waals surface area contributed by atoms with Crippen LogP contribution in [0.5, 0.6) is 0 Å². The molecular weight excluding hydrogens is 327 g/mol. The third kappa shape index (κ3) is 3.52. The number of aromatic nitrogens is 3. The average Bonchev–Trinajstić information content (AvgIpc) is 3.29. The van der Waals surface area contributed by atoms with Crippen molar-refractivity contribution in [3.8, 4) is 5.69 Å². The van der Waals surface area contributed by atoms with Gasteiger partial charge in [-0.15, -0.1) is 5.10 Å². The van der Waals surface area contributed by atoms with Gasteiger partial charge in [0.05, 0.1) is 0 Å². The number of carbonyl (C=O) groups excluding carboxylic acids is 1. The van der Waals surface area contributed by atoms with Gasteiger partial charge in [-0.05, 0) is 30.9 Å². The Hall–Kier alpha value is -2.77. The number of carbonyl (C=O) groups is 2. The Morgan fingerprint density at radius 2 is 2.00 bits per heavy atom. The number of carboxylic acids is 1. The number of para-hydroxylation sites is 1. The van der Waals surface area contributed by atoms with Crippen molar-refractivity contribution in [1.82, 2.24) is 20.1 Å². The zero-order valence-electron chi connectivity index (χ0n) is 13.9. The Kier molecular flexibility index (Phi) is 4.52. The van der Waals surface area contributed by atoms with Gasteiger partial charge >= 0.3 is 5.97 Å². The van der Waals surface area contributed by atoms with E-state index in [1.165, 1.54) is 10.7 Å². The molecule has 1 saturated carbocycles. The van der Waals surface area contributed by atoms with Crippen LogP contribution < -0.4 is 5.32 Å². The van der Waals surface area contributed by atoms with Gasteiger partial charge in [0.25, 0.3) is 5.91 Å². The molecule has 2 N–H and O–H groups in total. The van der Waals surface area contributed by atoms with E-state index in [-0.39, 0.29) is 23.3 Å². The van der Waals surface area contributed by atoms with Crippen molar-refractivity contribution in [2.45, 2.75) is 38.6 Å². The Bertz CT molecular complexity index is 814. The molecule has 7 nitrogen and oxygen atoms in total. The molecule has 0 saturated heterocycles. The summed E-state index contributed by atoms with van der Waals surface area (Å²) in [6.07, 6.45) is 1.54. The minimum atomic E-state index is -1.08. The molecule has 1 aliphatic rings. The molecule has 2 aromatic rings. The molecule has 0 bridgehead atoms. The molecule has 1 aliphatic carbocycles. The van der Waals surface area contributed by atoms with Crippen LogP contribution in [-0.2, 0) is 4.79 Å². The summed E-state index contributed by atoms with van der Waals surface area (Å²) in [5, 5.41) is 15.8. The van der Waals surface area contributed by atoms with E-state index in [1.807, 2.05) is 13.8 Å². The predicted molar refractivity (Wildman–Crippen MR) is 87.0 cm³/mol. The fraction of sp³-hybridized carbons (Fsp3) is 0.412. The quantitative estimate of drug-likeness (QED) is 0.835. The van der Waals surface area contributed by atoms with E-state index in [4.69, 9.17) is 0 Å². The van der Waals surface area contributed by atoms with E-state index in [2.05, 4.69) is 15.4 Å². The molecule has 1 atom stereocenters. The molecule has 1 aromatic carbocycles. The van der Waals surface area contributed by atoms with Gasteiger partial charge in [-0.3, -0.25) is 4.79 Å². The zero-order valence-corrected chi connectivity index (χ0v) is 13.9. The SMILES string of the molecule is CC(C)c1nc(C(=O)NC(C(=O)O)C2CC2)nn1-c1ccccc1F. The molecule has 1 aromatic heterocycles. The largest absolute Gasteiger partial charge is 0.480 e. The minimum absolute atomic E-state index is 0.0559. The van der Waals surface area contributed by atoms with Crippen molar-refractivity contribution in [1.29, 1.82) is 0 Å². The average molecular weight is 346 g/mol. The Balaban J connectivity index is 1.92. The van der Waals surface area contributed by atoms with Crippen molar-refractivity contribution < 1.29 is 19.1 Å².